The Hall–Kier alpha value is -2.71. The summed E-state index contributed by atoms with van der Waals surface area (Å²) in [6, 6.07) is 6.73. The van der Waals surface area contributed by atoms with Crippen LogP contribution in [0.15, 0.2) is 30.6 Å². The number of nitrogens with zero attached hydrogens (tertiary/aromatic N) is 5. The lowest BCUT2D eigenvalue weighted by molar-refractivity contribution is -0.384. The van der Waals surface area contributed by atoms with Crippen LogP contribution >= 0.6 is 23.2 Å². The van der Waals surface area contributed by atoms with Crippen LogP contribution < -0.4 is 5.32 Å². The van der Waals surface area contributed by atoms with E-state index in [4.69, 9.17) is 23.2 Å². The fourth-order valence-corrected chi connectivity index (χ4v) is 2.70. The van der Waals surface area contributed by atoms with E-state index in [2.05, 4.69) is 20.4 Å². The number of rotatable bonds is 4. The Labute approximate surface area is 152 Å². The summed E-state index contributed by atoms with van der Waals surface area (Å²) in [6.07, 6.45) is 1.22. The van der Waals surface area contributed by atoms with E-state index in [9.17, 15) is 10.1 Å². The van der Waals surface area contributed by atoms with Crippen molar-refractivity contribution in [2.45, 2.75) is 13.8 Å². The zero-order chi connectivity index (χ0) is 18.1. The van der Waals surface area contributed by atoms with Crippen molar-refractivity contribution in [1.82, 2.24) is 19.7 Å². The Morgan fingerprint density at radius 3 is 2.64 bits per heavy atom. The topological polar surface area (TPSA) is 98.8 Å². The monoisotopic (exact) mass is 378 g/mol. The number of nitrogens with one attached hydrogen (secondary N) is 1. The summed E-state index contributed by atoms with van der Waals surface area (Å²) in [5.74, 6) is 0.0537. The largest absolute Gasteiger partial charge is 0.355 e. The predicted molar refractivity (Wildman–Crippen MR) is 95.0 cm³/mol. The number of anilines is 2. The van der Waals surface area contributed by atoms with Crippen LogP contribution in [0.4, 0.5) is 17.2 Å². The molecule has 10 heteroatoms. The van der Waals surface area contributed by atoms with Gasteiger partial charge in [-0.3, -0.25) is 10.1 Å². The summed E-state index contributed by atoms with van der Waals surface area (Å²) in [5, 5.41) is 19.3. The zero-order valence-electron chi connectivity index (χ0n) is 13.2. The minimum Gasteiger partial charge on any atom is -0.333 e. The summed E-state index contributed by atoms with van der Waals surface area (Å²) in [4.78, 5) is 19.1. The first-order valence-corrected chi connectivity index (χ1v) is 7.88. The lowest BCUT2D eigenvalue weighted by Gasteiger charge is -2.11. The second-order valence-electron chi connectivity index (χ2n) is 5.22. The highest BCUT2D eigenvalue weighted by molar-refractivity contribution is 6.43. The highest BCUT2D eigenvalue weighted by atomic mass is 35.5. The molecule has 1 N–H and O–H groups in total. The molecule has 3 aromatic rings. The Kier molecular flexibility index (Phi) is 4.56. The molecule has 0 saturated heterocycles. The molecule has 0 fully saturated rings. The number of nitro groups is 1. The molecular formula is C15H12Cl2N6O2. The SMILES string of the molecule is Cc1cc(C)n(-c2ncnc(Nc3cccc(Cl)c3Cl)c2[N+](=O)[O-])n1. The number of hydrogen-bond acceptors (Lipinski definition) is 6. The van der Waals surface area contributed by atoms with Crippen LogP contribution in [0.3, 0.4) is 0 Å². The van der Waals surface area contributed by atoms with E-state index in [1.165, 1.54) is 11.0 Å². The summed E-state index contributed by atoms with van der Waals surface area (Å²) in [7, 11) is 0. The Balaban J connectivity index is 2.15. The van der Waals surface area contributed by atoms with Gasteiger partial charge in [-0.1, -0.05) is 29.3 Å². The molecule has 0 spiro atoms. The summed E-state index contributed by atoms with van der Waals surface area (Å²) in [6.45, 7) is 3.58. The van der Waals surface area contributed by atoms with Crippen LogP contribution in [-0.2, 0) is 0 Å². The smallest absolute Gasteiger partial charge is 0.333 e. The van der Waals surface area contributed by atoms with Gasteiger partial charge in [0.25, 0.3) is 0 Å². The fraction of sp³-hybridized carbons (Fsp3) is 0.133. The van der Waals surface area contributed by atoms with Gasteiger partial charge in [-0.25, -0.2) is 14.6 Å². The summed E-state index contributed by atoms with van der Waals surface area (Å²) >= 11 is 12.1. The maximum absolute atomic E-state index is 11.7. The molecule has 128 valence electrons. The van der Waals surface area contributed by atoms with E-state index in [0.717, 1.165) is 5.69 Å². The molecule has 3 rings (SSSR count). The van der Waals surface area contributed by atoms with E-state index in [1.807, 2.05) is 0 Å². The third-order valence-corrected chi connectivity index (χ3v) is 4.22. The molecule has 25 heavy (non-hydrogen) atoms. The van der Waals surface area contributed by atoms with Gasteiger partial charge in [0.05, 0.1) is 26.3 Å². The predicted octanol–water partition coefficient (Wildman–Crippen LogP) is 4.24. The van der Waals surface area contributed by atoms with Gasteiger partial charge in [0.2, 0.25) is 11.6 Å². The molecule has 2 heterocycles. The maximum atomic E-state index is 11.7. The van der Waals surface area contributed by atoms with Gasteiger partial charge < -0.3 is 5.32 Å². The van der Waals surface area contributed by atoms with E-state index in [-0.39, 0.29) is 22.3 Å². The average Bonchev–Trinajstić information content (AvgIpc) is 2.89. The second-order valence-corrected chi connectivity index (χ2v) is 6.00. The van der Waals surface area contributed by atoms with Crippen molar-refractivity contribution in [3.05, 3.63) is 62.1 Å². The Bertz CT molecular complexity index is 973. The molecule has 0 unspecified atom stereocenters. The number of hydrogen-bond donors (Lipinski definition) is 1. The van der Waals surface area contributed by atoms with Crippen LogP contribution in [0.5, 0.6) is 0 Å². The lowest BCUT2D eigenvalue weighted by atomic mass is 10.3. The normalized spacial score (nSPS) is 10.7. The number of aryl methyl sites for hydroxylation is 2. The van der Waals surface area contributed by atoms with Gasteiger partial charge in [-0.2, -0.15) is 5.10 Å². The van der Waals surface area contributed by atoms with Crippen molar-refractivity contribution >= 4 is 40.4 Å². The number of benzene rings is 1. The molecule has 0 atom stereocenters. The van der Waals surface area contributed by atoms with Gasteiger partial charge in [0.1, 0.15) is 6.33 Å². The molecule has 0 aliphatic heterocycles. The van der Waals surface area contributed by atoms with Gasteiger partial charge in [0.15, 0.2) is 0 Å². The van der Waals surface area contributed by atoms with Crippen molar-refractivity contribution in [2.75, 3.05) is 5.32 Å². The molecule has 0 radical (unpaired) electrons. The molecule has 8 nitrogen and oxygen atoms in total. The van der Waals surface area contributed by atoms with E-state index < -0.39 is 4.92 Å². The molecule has 1 aromatic carbocycles. The van der Waals surface area contributed by atoms with Crippen molar-refractivity contribution in [2.24, 2.45) is 0 Å². The Morgan fingerprint density at radius 2 is 2.00 bits per heavy atom. The average molecular weight is 379 g/mol. The minimum atomic E-state index is -0.563. The molecule has 0 aliphatic carbocycles. The lowest BCUT2D eigenvalue weighted by Crippen LogP contribution is -2.10. The number of aromatic nitrogens is 4. The zero-order valence-corrected chi connectivity index (χ0v) is 14.7. The highest BCUT2D eigenvalue weighted by Crippen LogP contribution is 2.35. The van der Waals surface area contributed by atoms with Crippen LogP contribution in [0, 0.1) is 24.0 Å². The van der Waals surface area contributed by atoms with Crippen molar-refractivity contribution in [1.29, 1.82) is 0 Å². The van der Waals surface area contributed by atoms with Crippen LogP contribution in [0.1, 0.15) is 11.4 Å². The quantitative estimate of drug-likeness (QED) is 0.538. The first-order valence-electron chi connectivity index (χ1n) is 7.12. The minimum absolute atomic E-state index is 0.00767. The first kappa shape index (κ1) is 17.1. The van der Waals surface area contributed by atoms with Crippen LogP contribution in [-0.4, -0.2) is 24.7 Å². The van der Waals surface area contributed by atoms with Gasteiger partial charge in [0, 0.05) is 5.69 Å². The molecule has 2 aromatic heterocycles. The molecular weight excluding hydrogens is 367 g/mol. The second kappa shape index (κ2) is 6.66. The van der Waals surface area contributed by atoms with Crippen molar-refractivity contribution in [3.8, 4) is 5.82 Å². The standard InChI is InChI=1S/C15H12Cl2N6O2/c1-8-6-9(2)22(21-8)15-13(23(24)25)14(18-7-19-15)20-11-5-3-4-10(16)12(11)17/h3-7H,1-2H3,(H,18,19,20). The summed E-state index contributed by atoms with van der Waals surface area (Å²) < 4.78 is 1.40. The number of halogens is 2. The van der Waals surface area contributed by atoms with Crippen LogP contribution in [0.25, 0.3) is 5.82 Å². The molecule has 0 saturated carbocycles. The van der Waals surface area contributed by atoms with Gasteiger partial charge in [-0.05, 0) is 32.0 Å². The van der Waals surface area contributed by atoms with Gasteiger partial charge >= 0.3 is 5.69 Å². The molecule has 0 aliphatic rings. The highest BCUT2D eigenvalue weighted by Gasteiger charge is 2.26. The fourth-order valence-electron chi connectivity index (χ4n) is 2.36. The van der Waals surface area contributed by atoms with Crippen molar-refractivity contribution < 1.29 is 4.92 Å². The molecule has 0 bridgehead atoms. The Morgan fingerprint density at radius 1 is 1.24 bits per heavy atom. The molecule has 0 amide bonds. The van der Waals surface area contributed by atoms with E-state index in [0.29, 0.717) is 16.4 Å². The third kappa shape index (κ3) is 3.26. The van der Waals surface area contributed by atoms with Gasteiger partial charge in [-0.15, -0.1) is 0 Å². The van der Waals surface area contributed by atoms with Crippen molar-refractivity contribution in [3.63, 3.8) is 0 Å². The summed E-state index contributed by atoms with van der Waals surface area (Å²) in [5.41, 5.74) is 1.52. The third-order valence-electron chi connectivity index (χ3n) is 3.40. The van der Waals surface area contributed by atoms with E-state index in [1.54, 1.807) is 38.1 Å². The van der Waals surface area contributed by atoms with E-state index >= 15 is 0 Å². The van der Waals surface area contributed by atoms with Crippen LogP contribution in [0.2, 0.25) is 10.0 Å². The first-order chi connectivity index (χ1) is 11.9. The maximum Gasteiger partial charge on any atom is 0.355 e.